The van der Waals surface area contributed by atoms with Gasteiger partial charge in [0.15, 0.2) is 0 Å². The third-order valence-electron chi connectivity index (χ3n) is 7.18. The normalized spacial score (nSPS) is 13.9. The zero-order valence-electron chi connectivity index (χ0n) is 22.2. The topological polar surface area (TPSA) is 85.9 Å². The van der Waals surface area contributed by atoms with Crippen LogP contribution in [-0.4, -0.2) is 63.5 Å². The summed E-state index contributed by atoms with van der Waals surface area (Å²) in [6, 6.07) is 23.8. The predicted molar refractivity (Wildman–Crippen MR) is 157 cm³/mol. The highest BCUT2D eigenvalue weighted by atomic mass is 32.2. The van der Waals surface area contributed by atoms with Crippen molar-refractivity contribution in [1.29, 1.82) is 0 Å². The molecule has 0 radical (unpaired) electrons. The fourth-order valence-corrected chi connectivity index (χ4v) is 6.24. The van der Waals surface area contributed by atoms with E-state index in [-0.39, 0.29) is 10.8 Å². The second-order valence-electron chi connectivity index (χ2n) is 9.48. The Labute approximate surface area is 229 Å². The molecule has 5 rings (SSSR count). The van der Waals surface area contributed by atoms with Crippen LogP contribution in [0.3, 0.4) is 0 Å². The average molecular weight is 544 g/mol. The van der Waals surface area contributed by atoms with E-state index in [0.717, 1.165) is 37.3 Å². The Hall–Kier alpha value is -4.11. The molecule has 1 saturated heterocycles. The first kappa shape index (κ1) is 26.5. The van der Waals surface area contributed by atoms with Crippen molar-refractivity contribution in [2.75, 3.05) is 53.8 Å². The van der Waals surface area contributed by atoms with E-state index in [1.807, 2.05) is 17.0 Å². The first-order chi connectivity index (χ1) is 18.9. The van der Waals surface area contributed by atoms with Crippen molar-refractivity contribution in [3.8, 4) is 0 Å². The highest BCUT2D eigenvalue weighted by Gasteiger charge is 2.23. The molecule has 2 heterocycles. The van der Waals surface area contributed by atoms with Gasteiger partial charge in [-0.25, -0.2) is 8.42 Å². The summed E-state index contributed by atoms with van der Waals surface area (Å²) in [6.07, 6.45) is 1.57. The number of nitrogens with one attached hydrogen (secondary N) is 1. The van der Waals surface area contributed by atoms with Gasteiger partial charge in [-0.05, 0) is 74.5 Å². The van der Waals surface area contributed by atoms with Crippen LogP contribution >= 0.6 is 0 Å². The smallest absolute Gasteiger partial charge is 0.264 e. The number of carbonyl (C=O) groups is 1. The minimum atomic E-state index is -3.85. The fourth-order valence-electron chi connectivity index (χ4n) is 5.00. The molecule has 8 nitrogen and oxygen atoms in total. The molecule has 0 spiro atoms. The maximum absolute atomic E-state index is 13.1. The molecule has 0 unspecified atom stereocenters. The van der Waals surface area contributed by atoms with E-state index in [2.05, 4.69) is 57.6 Å². The Balaban J connectivity index is 1.20. The molecule has 0 aliphatic carbocycles. The monoisotopic (exact) mass is 543 g/mol. The number of amides is 1. The van der Waals surface area contributed by atoms with Gasteiger partial charge in [-0.1, -0.05) is 18.2 Å². The lowest BCUT2D eigenvalue weighted by Gasteiger charge is -2.36. The average Bonchev–Trinajstić information content (AvgIpc) is 2.98. The van der Waals surface area contributed by atoms with E-state index in [1.54, 1.807) is 42.6 Å². The first-order valence-corrected chi connectivity index (χ1v) is 14.7. The minimum absolute atomic E-state index is 0.0563. The number of benzene rings is 3. The summed E-state index contributed by atoms with van der Waals surface area (Å²) in [5, 5.41) is 0.748. The number of nitrogens with zero attached hydrogens (tertiary/aromatic N) is 4. The van der Waals surface area contributed by atoms with Crippen molar-refractivity contribution in [2.24, 2.45) is 0 Å². The molecule has 1 amide bonds. The molecule has 39 heavy (non-hydrogen) atoms. The van der Waals surface area contributed by atoms with E-state index in [4.69, 9.17) is 0 Å². The molecule has 4 aromatic rings. The Morgan fingerprint density at radius 2 is 1.54 bits per heavy atom. The number of rotatable bonds is 8. The van der Waals surface area contributed by atoms with Gasteiger partial charge in [-0.15, -0.1) is 0 Å². The van der Waals surface area contributed by atoms with Crippen molar-refractivity contribution >= 4 is 43.9 Å². The van der Waals surface area contributed by atoms with Crippen LogP contribution in [0.5, 0.6) is 0 Å². The van der Waals surface area contributed by atoms with Crippen LogP contribution in [0, 0.1) is 0 Å². The number of piperazine rings is 1. The summed E-state index contributed by atoms with van der Waals surface area (Å²) < 4.78 is 28.8. The van der Waals surface area contributed by atoms with Gasteiger partial charge in [-0.2, -0.15) is 0 Å². The van der Waals surface area contributed by atoms with Gasteiger partial charge < -0.3 is 14.7 Å². The van der Waals surface area contributed by atoms with Crippen molar-refractivity contribution in [1.82, 2.24) is 9.88 Å². The molecule has 9 heteroatoms. The number of hydrogen-bond acceptors (Lipinski definition) is 6. The zero-order valence-corrected chi connectivity index (χ0v) is 23.1. The molecule has 1 aromatic heterocycles. The molecule has 202 valence electrons. The van der Waals surface area contributed by atoms with Gasteiger partial charge in [0.2, 0.25) is 0 Å². The number of para-hydroxylation sites is 1. The fraction of sp³-hybridized carbons (Fsp3) is 0.267. The lowest BCUT2D eigenvalue weighted by molar-refractivity contribution is 0.0747. The lowest BCUT2D eigenvalue weighted by Crippen LogP contribution is -2.48. The van der Waals surface area contributed by atoms with Gasteiger partial charge in [0.25, 0.3) is 15.9 Å². The number of pyridine rings is 1. The van der Waals surface area contributed by atoms with Gasteiger partial charge in [0.1, 0.15) is 4.90 Å². The summed E-state index contributed by atoms with van der Waals surface area (Å²) in [4.78, 5) is 24.0. The summed E-state index contributed by atoms with van der Waals surface area (Å²) in [6.45, 7) is 9.03. The van der Waals surface area contributed by atoms with Crippen LogP contribution in [0.1, 0.15) is 24.2 Å². The van der Waals surface area contributed by atoms with Crippen molar-refractivity contribution in [2.45, 2.75) is 18.7 Å². The number of anilines is 3. The molecule has 0 bridgehead atoms. The van der Waals surface area contributed by atoms with Crippen LogP contribution in [-0.2, 0) is 10.0 Å². The van der Waals surface area contributed by atoms with E-state index in [9.17, 15) is 13.2 Å². The first-order valence-electron chi connectivity index (χ1n) is 13.3. The molecule has 3 aromatic carbocycles. The summed E-state index contributed by atoms with van der Waals surface area (Å²) >= 11 is 0. The SMILES string of the molecule is CCN(CC)c1ccc(N2CCN(C(=O)c3ccc(NS(=O)(=O)c4cccc5cccnc45)cc3)CC2)cc1. The molecule has 0 saturated carbocycles. The number of carbonyl (C=O) groups excluding carboxylic acids is 1. The molecule has 0 atom stereocenters. The third-order valence-corrected chi connectivity index (χ3v) is 8.59. The molecule has 1 N–H and O–H groups in total. The van der Waals surface area contributed by atoms with Crippen LogP contribution in [0.2, 0.25) is 0 Å². The predicted octanol–water partition coefficient (Wildman–Crippen LogP) is 4.84. The number of hydrogen-bond donors (Lipinski definition) is 1. The maximum atomic E-state index is 13.1. The second-order valence-corrected chi connectivity index (χ2v) is 11.1. The van der Waals surface area contributed by atoms with E-state index in [0.29, 0.717) is 29.9 Å². The molecule has 1 aliphatic rings. The third kappa shape index (κ3) is 5.68. The Kier molecular flexibility index (Phi) is 7.70. The van der Waals surface area contributed by atoms with Crippen LogP contribution in [0.15, 0.2) is 90.0 Å². The quantitative estimate of drug-likeness (QED) is 0.342. The standard InChI is InChI=1S/C30H33N5O3S/c1-3-33(4-2)26-14-16-27(17-15-26)34-19-21-35(22-20-34)30(36)24-10-12-25(13-11-24)32-39(37,38)28-9-5-7-23-8-6-18-31-29(23)28/h5-18,32H,3-4,19-22H2,1-2H3. The van der Waals surface area contributed by atoms with Crippen LogP contribution < -0.4 is 14.5 Å². The molecular formula is C30H33N5O3S. The number of aromatic nitrogens is 1. The highest BCUT2D eigenvalue weighted by Crippen LogP contribution is 2.25. The zero-order chi connectivity index (χ0) is 27.4. The van der Waals surface area contributed by atoms with E-state index < -0.39 is 10.0 Å². The molecule has 1 fully saturated rings. The van der Waals surface area contributed by atoms with Crippen LogP contribution in [0.25, 0.3) is 10.9 Å². The number of sulfonamides is 1. The van der Waals surface area contributed by atoms with Gasteiger partial charge >= 0.3 is 0 Å². The van der Waals surface area contributed by atoms with Crippen LogP contribution in [0.4, 0.5) is 17.1 Å². The van der Waals surface area contributed by atoms with Crippen molar-refractivity contribution < 1.29 is 13.2 Å². The van der Waals surface area contributed by atoms with Gasteiger partial charge in [0.05, 0.1) is 5.52 Å². The summed E-state index contributed by atoms with van der Waals surface area (Å²) in [5.74, 6) is -0.0563. The minimum Gasteiger partial charge on any atom is -0.372 e. The van der Waals surface area contributed by atoms with Crippen molar-refractivity contribution in [3.63, 3.8) is 0 Å². The van der Waals surface area contributed by atoms with Crippen molar-refractivity contribution in [3.05, 3.63) is 90.6 Å². The highest BCUT2D eigenvalue weighted by molar-refractivity contribution is 7.93. The summed E-state index contributed by atoms with van der Waals surface area (Å²) in [5.41, 5.74) is 3.71. The largest absolute Gasteiger partial charge is 0.372 e. The van der Waals surface area contributed by atoms with Gasteiger partial charge in [0, 0.05) is 73.5 Å². The Bertz CT molecular complexity index is 1540. The van der Waals surface area contributed by atoms with E-state index >= 15 is 0 Å². The van der Waals surface area contributed by atoms with Gasteiger partial charge in [-0.3, -0.25) is 14.5 Å². The van der Waals surface area contributed by atoms with E-state index in [1.165, 1.54) is 11.8 Å². The summed E-state index contributed by atoms with van der Waals surface area (Å²) in [7, 11) is -3.85. The Morgan fingerprint density at radius 3 is 2.21 bits per heavy atom. The molecular weight excluding hydrogens is 510 g/mol. The lowest BCUT2D eigenvalue weighted by atomic mass is 10.1. The number of fused-ring (bicyclic) bond motifs is 1. The molecule has 1 aliphatic heterocycles. The Morgan fingerprint density at radius 1 is 0.872 bits per heavy atom. The maximum Gasteiger partial charge on any atom is 0.264 e. The second kappa shape index (κ2) is 11.3.